The molecule has 0 saturated heterocycles. The average Bonchev–Trinajstić information content (AvgIpc) is 3.27. The minimum atomic E-state index is -0.855. The van der Waals surface area contributed by atoms with E-state index in [1.807, 2.05) is 48.0 Å². The van der Waals surface area contributed by atoms with Gasteiger partial charge in [-0.15, -0.1) is 0 Å². The van der Waals surface area contributed by atoms with Crippen LogP contribution in [0.1, 0.15) is 67.0 Å². The average molecular weight is 514 g/mol. The number of rotatable bonds is 7. The van der Waals surface area contributed by atoms with Crippen LogP contribution in [0.15, 0.2) is 42.9 Å². The number of aromatic nitrogens is 2. The van der Waals surface area contributed by atoms with E-state index in [4.69, 9.17) is 14.2 Å². The summed E-state index contributed by atoms with van der Waals surface area (Å²) in [5, 5.41) is 0. The minimum absolute atomic E-state index is 0.0480. The van der Waals surface area contributed by atoms with Crippen LogP contribution in [-0.2, 0) is 24.4 Å². The maximum Gasteiger partial charge on any atom is 0.419 e. The van der Waals surface area contributed by atoms with Crippen molar-refractivity contribution in [2.45, 2.75) is 77.9 Å². The lowest BCUT2D eigenvalue weighted by atomic mass is 9.94. The van der Waals surface area contributed by atoms with E-state index >= 15 is 0 Å². The number of methoxy groups -OCH3 is 1. The zero-order valence-electron chi connectivity index (χ0n) is 23.1. The van der Waals surface area contributed by atoms with E-state index in [1.54, 1.807) is 47.9 Å². The molecular formula is C28H39N3O6. The summed E-state index contributed by atoms with van der Waals surface area (Å²) in [5.41, 5.74) is -0.802. The highest BCUT2D eigenvalue weighted by Gasteiger charge is 2.63. The van der Waals surface area contributed by atoms with Gasteiger partial charge in [-0.3, -0.25) is 4.79 Å². The third-order valence-corrected chi connectivity index (χ3v) is 6.16. The summed E-state index contributed by atoms with van der Waals surface area (Å²) in [5.74, 6) is -0.514. The van der Waals surface area contributed by atoms with E-state index in [2.05, 4.69) is 4.98 Å². The molecule has 1 unspecified atom stereocenters. The number of ether oxygens (including phenoxy) is 3. The summed E-state index contributed by atoms with van der Waals surface area (Å²) in [6.07, 6.45) is 3.20. The molecule has 1 aromatic carbocycles. The lowest BCUT2D eigenvalue weighted by molar-refractivity contribution is -0.144. The molecule has 1 fully saturated rings. The highest BCUT2D eigenvalue weighted by Crippen LogP contribution is 2.57. The molecule has 3 atom stereocenters. The third kappa shape index (κ3) is 6.90. The number of benzene rings is 1. The molecule has 1 aliphatic carbocycles. The first-order chi connectivity index (χ1) is 17.2. The molecular weight excluding hydrogens is 474 g/mol. The Labute approximate surface area is 219 Å². The maximum atomic E-state index is 13.0. The van der Waals surface area contributed by atoms with Crippen molar-refractivity contribution >= 4 is 18.2 Å². The van der Waals surface area contributed by atoms with E-state index in [0.29, 0.717) is 18.5 Å². The number of amides is 2. The van der Waals surface area contributed by atoms with Gasteiger partial charge < -0.3 is 18.8 Å². The predicted octanol–water partition coefficient (Wildman–Crippen LogP) is 5.50. The molecule has 2 amide bonds. The zero-order chi connectivity index (χ0) is 27.6. The smallest absolute Gasteiger partial charge is 0.419 e. The molecule has 9 heteroatoms. The SMILES string of the molecule is COC(=O)[C@]1(c2cn(-c3ccccc3)cn2)C[C@@H]1CC(C)CN(C(=O)OC(C)(C)C)C(=O)OC(C)(C)C. The van der Waals surface area contributed by atoms with Gasteiger partial charge in [0.2, 0.25) is 0 Å². The van der Waals surface area contributed by atoms with Gasteiger partial charge in [0.15, 0.2) is 0 Å². The van der Waals surface area contributed by atoms with E-state index in [9.17, 15) is 14.4 Å². The van der Waals surface area contributed by atoms with Crippen LogP contribution in [0.2, 0.25) is 0 Å². The van der Waals surface area contributed by atoms with Crippen molar-refractivity contribution in [1.82, 2.24) is 14.5 Å². The Morgan fingerprint density at radius 1 is 1.05 bits per heavy atom. The van der Waals surface area contributed by atoms with E-state index < -0.39 is 28.8 Å². The van der Waals surface area contributed by atoms with Gasteiger partial charge in [0, 0.05) is 18.4 Å². The molecule has 0 N–H and O–H groups in total. The molecule has 3 rings (SSSR count). The number of carbonyl (C=O) groups excluding carboxylic acids is 3. The van der Waals surface area contributed by atoms with Crippen LogP contribution in [0.25, 0.3) is 5.69 Å². The Hall–Kier alpha value is -3.36. The van der Waals surface area contributed by atoms with Gasteiger partial charge in [0.05, 0.1) is 19.1 Å². The van der Waals surface area contributed by atoms with Crippen molar-refractivity contribution in [2.75, 3.05) is 13.7 Å². The second-order valence-electron chi connectivity index (χ2n) is 11.8. The molecule has 1 saturated carbocycles. The summed E-state index contributed by atoms with van der Waals surface area (Å²) < 4.78 is 18.0. The lowest BCUT2D eigenvalue weighted by Crippen LogP contribution is -2.45. The normalized spacial score (nSPS) is 20.1. The molecule has 1 aliphatic rings. The van der Waals surface area contributed by atoms with Gasteiger partial charge in [0.1, 0.15) is 16.6 Å². The fraction of sp³-hybridized carbons (Fsp3) is 0.571. The van der Waals surface area contributed by atoms with Gasteiger partial charge in [-0.05, 0) is 78.4 Å². The predicted molar refractivity (Wildman–Crippen MR) is 138 cm³/mol. The number of imidazole rings is 1. The van der Waals surface area contributed by atoms with Gasteiger partial charge in [-0.2, -0.15) is 0 Å². The van der Waals surface area contributed by atoms with Crippen molar-refractivity contribution in [2.24, 2.45) is 11.8 Å². The van der Waals surface area contributed by atoms with Crippen molar-refractivity contribution in [3.05, 3.63) is 48.5 Å². The van der Waals surface area contributed by atoms with Crippen LogP contribution in [0, 0.1) is 11.8 Å². The molecule has 9 nitrogen and oxygen atoms in total. The Morgan fingerprint density at radius 3 is 2.14 bits per heavy atom. The number of carbonyl (C=O) groups is 3. The van der Waals surface area contributed by atoms with Crippen LogP contribution in [0.5, 0.6) is 0 Å². The summed E-state index contributed by atoms with van der Waals surface area (Å²) in [6.45, 7) is 12.5. The third-order valence-electron chi connectivity index (χ3n) is 6.16. The molecule has 202 valence electrons. The summed E-state index contributed by atoms with van der Waals surface area (Å²) >= 11 is 0. The molecule has 0 aliphatic heterocycles. The Bertz CT molecular complexity index is 1090. The fourth-order valence-corrected chi connectivity index (χ4v) is 4.49. The highest BCUT2D eigenvalue weighted by molar-refractivity contribution is 5.88. The van der Waals surface area contributed by atoms with E-state index in [1.165, 1.54) is 7.11 Å². The quantitative estimate of drug-likeness (QED) is 0.356. The van der Waals surface area contributed by atoms with E-state index in [-0.39, 0.29) is 24.3 Å². The van der Waals surface area contributed by atoms with E-state index in [0.717, 1.165) is 10.6 Å². The van der Waals surface area contributed by atoms with Crippen LogP contribution in [-0.4, -0.2) is 57.5 Å². The molecule has 0 radical (unpaired) electrons. The monoisotopic (exact) mass is 513 g/mol. The first-order valence-electron chi connectivity index (χ1n) is 12.6. The summed E-state index contributed by atoms with van der Waals surface area (Å²) in [7, 11) is 1.38. The number of para-hydroxylation sites is 1. The highest BCUT2D eigenvalue weighted by atomic mass is 16.6. The number of imide groups is 1. The zero-order valence-corrected chi connectivity index (χ0v) is 23.1. The van der Waals surface area contributed by atoms with Crippen LogP contribution < -0.4 is 0 Å². The topological polar surface area (TPSA) is 100.0 Å². The van der Waals surface area contributed by atoms with Crippen molar-refractivity contribution in [3.8, 4) is 5.69 Å². The number of esters is 1. The molecule has 0 spiro atoms. The van der Waals surface area contributed by atoms with Gasteiger partial charge in [-0.1, -0.05) is 25.1 Å². The number of nitrogens with zero attached hydrogens (tertiary/aromatic N) is 3. The maximum absolute atomic E-state index is 13.0. The van der Waals surface area contributed by atoms with Gasteiger partial charge >= 0.3 is 18.2 Å². The van der Waals surface area contributed by atoms with Gasteiger partial charge in [0.25, 0.3) is 0 Å². The lowest BCUT2D eigenvalue weighted by Gasteiger charge is -2.30. The molecule has 1 heterocycles. The summed E-state index contributed by atoms with van der Waals surface area (Å²) in [6, 6.07) is 9.74. The Morgan fingerprint density at radius 2 is 1.62 bits per heavy atom. The molecule has 2 aromatic rings. The van der Waals surface area contributed by atoms with Crippen molar-refractivity contribution < 1.29 is 28.6 Å². The second-order valence-corrected chi connectivity index (χ2v) is 11.8. The van der Waals surface area contributed by atoms with Crippen LogP contribution in [0.4, 0.5) is 9.59 Å². The van der Waals surface area contributed by atoms with Gasteiger partial charge in [-0.25, -0.2) is 19.5 Å². The minimum Gasteiger partial charge on any atom is -0.468 e. The first-order valence-corrected chi connectivity index (χ1v) is 12.6. The van der Waals surface area contributed by atoms with Crippen LogP contribution >= 0.6 is 0 Å². The Balaban J connectivity index is 1.77. The standard InChI is InChI=1S/C28H39N3O6/c1-19(16-31(24(33)36-26(2,3)4)25(34)37-27(5,6)7)14-20-15-28(20,23(32)35-8)22-17-30(18-29-22)21-12-10-9-11-13-21/h9-13,17-20H,14-16H2,1-8H3/t19?,20-,28+/m0/s1. The van der Waals surface area contributed by atoms with Crippen LogP contribution in [0.3, 0.4) is 0 Å². The Kier molecular flexibility index (Phi) is 8.05. The van der Waals surface area contributed by atoms with Crippen molar-refractivity contribution in [3.63, 3.8) is 0 Å². The van der Waals surface area contributed by atoms with Crippen molar-refractivity contribution in [1.29, 1.82) is 0 Å². The number of hydrogen-bond donors (Lipinski definition) is 0. The number of hydrogen-bond acceptors (Lipinski definition) is 7. The molecule has 37 heavy (non-hydrogen) atoms. The summed E-state index contributed by atoms with van der Waals surface area (Å²) in [4.78, 5) is 44.3. The molecule has 0 bridgehead atoms. The fourth-order valence-electron chi connectivity index (χ4n) is 4.49. The molecule has 1 aromatic heterocycles. The first kappa shape index (κ1) is 28.2. The second kappa shape index (κ2) is 10.6. The largest absolute Gasteiger partial charge is 0.468 e.